The highest BCUT2D eigenvalue weighted by molar-refractivity contribution is 7.85. The van der Waals surface area contributed by atoms with Crippen molar-refractivity contribution < 1.29 is 13.0 Å². The van der Waals surface area contributed by atoms with E-state index in [4.69, 9.17) is 4.55 Å². The SMILES string of the molecule is Cc1ccccc1S(=O)(=O)O.[AlH3]. The molecule has 0 amide bonds. The molecule has 1 rings (SSSR count). The van der Waals surface area contributed by atoms with E-state index in [-0.39, 0.29) is 22.3 Å². The summed E-state index contributed by atoms with van der Waals surface area (Å²) in [5.74, 6) is 0. The van der Waals surface area contributed by atoms with E-state index in [0.717, 1.165) is 0 Å². The Balaban J connectivity index is 0.00000121. The summed E-state index contributed by atoms with van der Waals surface area (Å²) >= 11 is 0. The zero-order valence-electron chi connectivity index (χ0n) is 5.98. The summed E-state index contributed by atoms with van der Waals surface area (Å²) in [5, 5.41) is 0. The van der Waals surface area contributed by atoms with E-state index >= 15 is 0 Å². The van der Waals surface area contributed by atoms with Crippen LogP contribution in [0.4, 0.5) is 0 Å². The Morgan fingerprint density at radius 1 is 1.25 bits per heavy atom. The second kappa shape index (κ2) is 4.06. The van der Waals surface area contributed by atoms with Crippen LogP contribution in [0, 0.1) is 6.92 Å². The minimum Gasteiger partial charge on any atom is -0.282 e. The molecular formula is C7H11AlO3S. The maximum absolute atomic E-state index is 10.6. The third-order valence-electron chi connectivity index (χ3n) is 1.37. The molecular weight excluding hydrogens is 191 g/mol. The third-order valence-corrected chi connectivity index (χ3v) is 2.39. The molecule has 1 N–H and O–H groups in total. The molecule has 1 aromatic rings. The smallest absolute Gasteiger partial charge is 0.282 e. The van der Waals surface area contributed by atoms with Gasteiger partial charge in [0.15, 0.2) is 17.4 Å². The zero-order valence-corrected chi connectivity index (χ0v) is 6.80. The van der Waals surface area contributed by atoms with Gasteiger partial charge in [-0.3, -0.25) is 4.55 Å². The minimum absolute atomic E-state index is 0. The molecule has 3 nitrogen and oxygen atoms in total. The van der Waals surface area contributed by atoms with Crippen LogP contribution in [0.1, 0.15) is 5.56 Å². The molecule has 0 spiro atoms. The molecule has 0 saturated carbocycles. The first-order chi connectivity index (χ1) is 5.02. The summed E-state index contributed by atoms with van der Waals surface area (Å²) in [4.78, 5) is -0.0278. The number of aryl methyl sites for hydroxylation is 1. The van der Waals surface area contributed by atoms with E-state index in [1.165, 1.54) is 6.07 Å². The van der Waals surface area contributed by atoms with Crippen molar-refractivity contribution in [2.24, 2.45) is 0 Å². The maximum Gasteiger partial charge on any atom is 0.294 e. The molecule has 66 valence electrons. The summed E-state index contributed by atoms with van der Waals surface area (Å²) in [6, 6.07) is 6.27. The van der Waals surface area contributed by atoms with Crippen LogP contribution in [0.2, 0.25) is 0 Å². The van der Waals surface area contributed by atoms with Gasteiger partial charge >= 0.3 is 0 Å². The maximum atomic E-state index is 10.6. The van der Waals surface area contributed by atoms with Crippen molar-refractivity contribution in [2.45, 2.75) is 11.8 Å². The molecule has 0 fully saturated rings. The highest BCUT2D eigenvalue weighted by atomic mass is 32.2. The third kappa shape index (κ3) is 2.61. The summed E-state index contributed by atoms with van der Waals surface area (Å²) in [6.07, 6.45) is 0. The molecule has 0 aliphatic rings. The Bertz CT molecular complexity index is 359. The van der Waals surface area contributed by atoms with Gasteiger partial charge < -0.3 is 0 Å². The fraction of sp³-hybridized carbons (Fsp3) is 0.143. The summed E-state index contributed by atoms with van der Waals surface area (Å²) in [6.45, 7) is 1.63. The molecule has 0 heterocycles. The number of hydrogen-bond acceptors (Lipinski definition) is 2. The van der Waals surface area contributed by atoms with Crippen molar-refractivity contribution in [1.82, 2.24) is 0 Å². The molecule has 0 bridgehead atoms. The van der Waals surface area contributed by atoms with Crippen molar-refractivity contribution in [3.63, 3.8) is 0 Å². The van der Waals surface area contributed by atoms with Crippen LogP contribution in [0.3, 0.4) is 0 Å². The van der Waals surface area contributed by atoms with Gasteiger partial charge in [-0.15, -0.1) is 0 Å². The minimum atomic E-state index is -4.03. The first kappa shape index (κ1) is 11.7. The van der Waals surface area contributed by atoms with Crippen molar-refractivity contribution in [3.8, 4) is 0 Å². The van der Waals surface area contributed by atoms with Crippen molar-refractivity contribution >= 4 is 27.5 Å². The fourth-order valence-corrected chi connectivity index (χ4v) is 1.57. The van der Waals surface area contributed by atoms with Crippen molar-refractivity contribution in [2.75, 3.05) is 0 Å². The molecule has 12 heavy (non-hydrogen) atoms. The van der Waals surface area contributed by atoms with Gasteiger partial charge in [0.2, 0.25) is 0 Å². The molecule has 1 aromatic carbocycles. The van der Waals surface area contributed by atoms with Crippen LogP contribution < -0.4 is 0 Å². The molecule has 0 unspecified atom stereocenters. The van der Waals surface area contributed by atoms with Crippen molar-refractivity contribution in [1.29, 1.82) is 0 Å². The standard InChI is InChI=1S/C7H8O3S.Al.3H/c1-6-4-2-3-5-7(6)11(8,9)10;;;;/h2-5H,1H3,(H,8,9,10);;;;. The average molecular weight is 202 g/mol. The summed E-state index contributed by atoms with van der Waals surface area (Å²) in [5.41, 5.74) is 0.551. The quantitative estimate of drug-likeness (QED) is 0.517. The normalized spacial score (nSPS) is 10.5. The van der Waals surface area contributed by atoms with Crippen LogP contribution in [-0.2, 0) is 10.1 Å². The lowest BCUT2D eigenvalue weighted by atomic mass is 10.2. The number of rotatable bonds is 1. The fourth-order valence-electron chi connectivity index (χ4n) is 0.846. The van der Waals surface area contributed by atoms with Gasteiger partial charge in [-0.1, -0.05) is 18.2 Å². The molecule has 0 saturated heterocycles. The van der Waals surface area contributed by atoms with E-state index in [1.807, 2.05) is 0 Å². The second-order valence-corrected chi connectivity index (χ2v) is 3.63. The lowest BCUT2D eigenvalue weighted by molar-refractivity contribution is 0.482. The van der Waals surface area contributed by atoms with E-state index in [0.29, 0.717) is 5.56 Å². The van der Waals surface area contributed by atoms with Gasteiger partial charge in [-0.2, -0.15) is 8.42 Å². The molecule has 0 aliphatic heterocycles. The van der Waals surface area contributed by atoms with Gasteiger partial charge in [0.1, 0.15) is 0 Å². The van der Waals surface area contributed by atoms with Crippen LogP contribution >= 0.6 is 0 Å². The van der Waals surface area contributed by atoms with E-state index in [9.17, 15) is 8.42 Å². The first-order valence-electron chi connectivity index (χ1n) is 3.05. The monoisotopic (exact) mass is 202 g/mol. The number of benzene rings is 1. The van der Waals surface area contributed by atoms with Crippen LogP contribution in [-0.4, -0.2) is 30.3 Å². The van der Waals surface area contributed by atoms with E-state index in [2.05, 4.69) is 0 Å². The second-order valence-electron chi connectivity index (χ2n) is 2.24. The summed E-state index contributed by atoms with van der Waals surface area (Å²) < 4.78 is 29.9. The van der Waals surface area contributed by atoms with E-state index in [1.54, 1.807) is 25.1 Å². The largest absolute Gasteiger partial charge is 0.294 e. The van der Waals surface area contributed by atoms with Gasteiger partial charge in [0, 0.05) is 0 Å². The summed E-state index contributed by atoms with van der Waals surface area (Å²) in [7, 11) is -4.03. The molecule has 5 heteroatoms. The Labute approximate surface area is 82.3 Å². The average Bonchev–Trinajstić information content (AvgIpc) is 1.86. The Hall–Kier alpha value is -0.338. The molecule has 0 radical (unpaired) electrons. The van der Waals surface area contributed by atoms with Crippen molar-refractivity contribution in [3.05, 3.63) is 29.8 Å². The Morgan fingerprint density at radius 3 is 2.08 bits per heavy atom. The predicted octanol–water partition coefficient (Wildman–Crippen LogP) is 0.0578. The zero-order chi connectivity index (χ0) is 8.48. The van der Waals surface area contributed by atoms with Crippen LogP contribution in [0.25, 0.3) is 0 Å². The predicted molar refractivity (Wildman–Crippen MR) is 50.9 cm³/mol. The Morgan fingerprint density at radius 2 is 1.75 bits per heavy atom. The first-order valence-corrected chi connectivity index (χ1v) is 4.49. The molecule has 0 aliphatic carbocycles. The Kier molecular flexibility index (Phi) is 3.94. The highest BCUT2D eigenvalue weighted by Crippen LogP contribution is 2.12. The van der Waals surface area contributed by atoms with Gasteiger partial charge in [-0.05, 0) is 18.6 Å². The lowest BCUT2D eigenvalue weighted by Gasteiger charge is -1.99. The lowest BCUT2D eigenvalue weighted by Crippen LogP contribution is -1.99. The van der Waals surface area contributed by atoms with Gasteiger partial charge in [-0.25, -0.2) is 0 Å². The molecule has 0 aromatic heterocycles. The highest BCUT2D eigenvalue weighted by Gasteiger charge is 2.10. The topological polar surface area (TPSA) is 54.4 Å². The molecule has 0 atom stereocenters. The van der Waals surface area contributed by atoms with Gasteiger partial charge in [0.05, 0.1) is 4.90 Å². The number of hydrogen-bond donors (Lipinski definition) is 1. The van der Waals surface area contributed by atoms with Gasteiger partial charge in [0.25, 0.3) is 10.1 Å². The van der Waals surface area contributed by atoms with Crippen LogP contribution in [0.5, 0.6) is 0 Å². The van der Waals surface area contributed by atoms with Crippen LogP contribution in [0.15, 0.2) is 29.2 Å². The van der Waals surface area contributed by atoms with E-state index < -0.39 is 10.1 Å².